The van der Waals surface area contributed by atoms with Crippen molar-refractivity contribution in [1.82, 2.24) is 15.2 Å². The average Bonchev–Trinajstić information content (AvgIpc) is 1.95. The quantitative estimate of drug-likeness (QED) is 0.414. The maximum atomic E-state index is 10.5. The van der Waals surface area contributed by atoms with Crippen LogP contribution in [0.5, 0.6) is 0 Å². The summed E-state index contributed by atoms with van der Waals surface area (Å²) in [5.74, 6) is 0. The highest BCUT2D eigenvalue weighted by molar-refractivity contribution is 7.98. The number of aromatic amines is 2. The van der Waals surface area contributed by atoms with Gasteiger partial charge in [-0.3, -0.25) is 14.6 Å². The topological polar surface area (TPSA) is 78.6 Å². The van der Waals surface area contributed by atoms with Gasteiger partial charge in [0, 0.05) is 0 Å². The first-order chi connectivity index (χ1) is 4.74. The van der Waals surface area contributed by atoms with Crippen LogP contribution in [0.1, 0.15) is 0 Å². The molecule has 0 amide bonds. The molecule has 0 fully saturated rings. The van der Waals surface area contributed by atoms with E-state index in [9.17, 15) is 9.59 Å². The molecule has 0 bridgehead atoms. The van der Waals surface area contributed by atoms with Gasteiger partial charge in [0.2, 0.25) is 0 Å². The molecule has 10 heavy (non-hydrogen) atoms. The van der Waals surface area contributed by atoms with Gasteiger partial charge in [-0.2, -0.15) is 0 Å². The zero-order valence-corrected chi connectivity index (χ0v) is 5.99. The summed E-state index contributed by atoms with van der Waals surface area (Å²) in [6, 6.07) is 0. The first-order valence-corrected chi connectivity index (χ1v) is 3.69. The lowest BCUT2D eigenvalue weighted by Crippen LogP contribution is -2.30. The smallest absolute Gasteiger partial charge is 0.295 e. The van der Waals surface area contributed by atoms with E-state index in [1.54, 1.807) is 6.26 Å². The Hall–Kier alpha value is -1.04. The Morgan fingerprint density at radius 3 is 2.60 bits per heavy atom. The van der Waals surface area contributed by atoms with Gasteiger partial charge in [0.05, 0.1) is 0 Å². The van der Waals surface area contributed by atoms with Crippen molar-refractivity contribution in [2.24, 2.45) is 0 Å². The molecule has 0 unspecified atom stereocenters. The van der Waals surface area contributed by atoms with E-state index >= 15 is 0 Å². The van der Waals surface area contributed by atoms with Crippen molar-refractivity contribution in [3.63, 3.8) is 0 Å². The number of nitrogens with zero attached hydrogens (tertiary/aromatic N) is 1. The van der Waals surface area contributed by atoms with E-state index in [1.165, 1.54) is 11.8 Å². The molecule has 6 heteroatoms. The molecule has 0 radical (unpaired) electrons. The zero-order chi connectivity index (χ0) is 7.56. The number of aromatic nitrogens is 3. The standard InChI is InChI=1S/C4H5N3O2S/c1-10-4-5-2(8)3(9)6-7-4/h1H3,(H,6,9)(H,5,7,8). The van der Waals surface area contributed by atoms with Crippen molar-refractivity contribution >= 4 is 11.8 Å². The highest BCUT2D eigenvalue weighted by Crippen LogP contribution is 2.00. The van der Waals surface area contributed by atoms with Crippen LogP contribution < -0.4 is 11.1 Å². The minimum absolute atomic E-state index is 0.407. The van der Waals surface area contributed by atoms with Gasteiger partial charge in [-0.05, 0) is 6.26 Å². The molecule has 1 rings (SSSR count). The molecule has 1 heterocycles. The van der Waals surface area contributed by atoms with Crippen molar-refractivity contribution in [1.29, 1.82) is 0 Å². The monoisotopic (exact) mass is 159 g/mol. The van der Waals surface area contributed by atoms with E-state index in [-0.39, 0.29) is 0 Å². The Morgan fingerprint density at radius 2 is 2.10 bits per heavy atom. The largest absolute Gasteiger partial charge is 0.329 e. The predicted molar refractivity (Wildman–Crippen MR) is 37.3 cm³/mol. The summed E-state index contributed by atoms with van der Waals surface area (Å²) in [4.78, 5) is 23.2. The molecule has 0 aliphatic carbocycles. The average molecular weight is 159 g/mol. The minimum Gasteiger partial charge on any atom is -0.295 e. The number of rotatable bonds is 1. The van der Waals surface area contributed by atoms with E-state index in [0.29, 0.717) is 5.16 Å². The molecule has 1 aromatic heterocycles. The summed E-state index contributed by atoms with van der Waals surface area (Å²) >= 11 is 1.25. The van der Waals surface area contributed by atoms with Crippen molar-refractivity contribution in [2.45, 2.75) is 5.16 Å². The Labute approximate surface area is 59.9 Å². The van der Waals surface area contributed by atoms with Gasteiger partial charge in [0.25, 0.3) is 0 Å². The van der Waals surface area contributed by atoms with Crippen LogP contribution in [0.2, 0.25) is 0 Å². The van der Waals surface area contributed by atoms with Gasteiger partial charge in [0.1, 0.15) is 0 Å². The van der Waals surface area contributed by atoms with E-state index in [2.05, 4.69) is 10.1 Å². The lowest BCUT2D eigenvalue weighted by atomic mass is 10.8. The van der Waals surface area contributed by atoms with E-state index in [0.717, 1.165) is 0 Å². The maximum Gasteiger partial charge on any atom is 0.329 e. The number of nitrogens with one attached hydrogen (secondary N) is 2. The lowest BCUT2D eigenvalue weighted by Gasteiger charge is -1.89. The molecule has 5 nitrogen and oxygen atoms in total. The normalized spacial score (nSPS) is 9.70. The molecule has 54 valence electrons. The second-order valence-corrected chi connectivity index (χ2v) is 2.31. The molecule has 0 aliphatic rings. The first-order valence-electron chi connectivity index (χ1n) is 2.47. The minimum atomic E-state index is -0.724. The van der Waals surface area contributed by atoms with Gasteiger partial charge < -0.3 is 0 Å². The SMILES string of the molecule is CSc1n[nH]c(=O)c(=O)[nH]1. The van der Waals surface area contributed by atoms with E-state index < -0.39 is 11.1 Å². The molecule has 0 saturated carbocycles. The van der Waals surface area contributed by atoms with Crippen LogP contribution in [0.4, 0.5) is 0 Å². The predicted octanol–water partition coefficient (Wildman–Crippen LogP) is -0.820. The number of hydrogen-bond acceptors (Lipinski definition) is 4. The summed E-state index contributed by atoms with van der Waals surface area (Å²) in [5.41, 5.74) is -1.39. The van der Waals surface area contributed by atoms with Crippen LogP contribution in [0.3, 0.4) is 0 Å². The number of hydrogen-bond donors (Lipinski definition) is 2. The Bertz CT molecular complexity index is 328. The summed E-state index contributed by atoms with van der Waals surface area (Å²) in [6.45, 7) is 0. The van der Waals surface area contributed by atoms with Crippen LogP contribution >= 0.6 is 11.8 Å². The molecule has 0 atom stereocenters. The molecule has 0 aliphatic heterocycles. The Balaban J connectivity index is 3.31. The molecular formula is C4H5N3O2S. The molecule has 2 N–H and O–H groups in total. The zero-order valence-electron chi connectivity index (χ0n) is 5.17. The van der Waals surface area contributed by atoms with Crippen molar-refractivity contribution in [3.05, 3.63) is 20.7 Å². The summed E-state index contributed by atoms with van der Waals surface area (Å²) < 4.78 is 0. The highest BCUT2D eigenvalue weighted by Gasteiger charge is 1.94. The molecule has 1 aromatic rings. The van der Waals surface area contributed by atoms with Gasteiger partial charge in [-0.1, -0.05) is 11.8 Å². The molecule has 0 saturated heterocycles. The van der Waals surface area contributed by atoms with Gasteiger partial charge in [-0.25, -0.2) is 5.10 Å². The molecule has 0 spiro atoms. The Morgan fingerprint density at radius 1 is 1.40 bits per heavy atom. The van der Waals surface area contributed by atoms with E-state index in [4.69, 9.17) is 0 Å². The van der Waals surface area contributed by atoms with Gasteiger partial charge in [0.15, 0.2) is 5.16 Å². The maximum absolute atomic E-state index is 10.5. The van der Waals surface area contributed by atoms with Gasteiger partial charge in [-0.15, -0.1) is 5.10 Å². The summed E-state index contributed by atoms with van der Waals surface area (Å²) in [7, 11) is 0. The van der Waals surface area contributed by atoms with Crippen molar-refractivity contribution < 1.29 is 0 Å². The van der Waals surface area contributed by atoms with Crippen LogP contribution in [0, 0.1) is 0 Å². The summed E-state index contributed by atoms with van der Waals surface area (Å²) in [6.07, 6.45) is 1.75. The van der Waals surface area contributed by atoms with Crippen molar-refractivity contribution in [2.75, 3.05) is 6.26 Å². The first kappa shape index (κ1) is 7.07. The third-order valence-electron chi connectivity index (χ3n) is 0.879. The van der Waals surface area contributed by atoms with Crippen LogP contribution in [0.15, 0.2) is 14.7 Å². The third kappa shape index (κ3) is 1.27. The van der Waals surface area contributed by atoms with Crippen LogP contribution in [0.25, 0.3) is 0 Å². The lowest BCUT2D eigenvalue weighted by molar-refractivity contribution is 0.792. The second-order valence-electron chi connectivity index (χ2n) is 1.52. The van der Waals surface area contributed by atoms with Crippen molar-refractivity contribution in [3.8, 4) is 0 Å². The van der Waals surface area contributed by atoms with Gasteiger partial charge >= 0.3 is 11.1 Å². The summed E-state index contributed by atoms with van der Waals surface area (Å²) in [5, 5.41) is 5.98. The number of H-pyrrole nitrogens is 2. The fourth-order valence-corrected chi connectivity index (χ4v) is 0.763. The fraction of sp³-hybridized carbons (Fsp3) is 0.250. The highest BCUT2D eigenvalue weighted by atomic mass is 32.2. The van der Waals surface area contributed by atoms with Crippen LogP contribution in [-0.4, -0.2) is 21.4 Å². The fourth-order valence-electron chi connectivity index (χ4n) is 0.431. The molecule has 0 aromatic carbocycles. The Kier molecular flexibility index (Phi) is 1.91. The molecular weight excluding hydrogens is 154 g/mol. The van der Waals surface area contributed by atoms with E-state index in [1.807, 2.05) is 5.10 Å². The second kappa shape index (κ2) is 2.70. The number of thioether (sulfide) groups is 1. The third-order valence-corrected chi connectivity index (χ3v) is 1.46. The van der Waals surface area contributed by atoms with Crippen LogP contribution in [-0.2, 0) is 0 Å².